The molecule has 2 nitrogen and oxygen atoms in total. The Kier molecular flexibility index (Phi) is 5.71. The standard InChI is InChI=1S/C29H44O2/c1-18(2)9-8-10-19(3)21-12-13-22-20-11-14-24-27(4,5)25(31)15-16-28(24,6)26(20)23(30)17-29(21,22)7/h9,14,19-22,26H,8,10-13,15-17H2,1-7H3/t19-,20+,21-,22+,26-,28+,29-/m1/s1. The molecule has 3 saturated carbocycles. The summed E-state index contributed by atoms with van der Waals surface area (Å²) in [6, 6.07) is 0. The number of hydrogen-bond donors (Lipinski definition) is 0. The fraction of sp³-hybridized carbons (Fsp3) is 0.793. The van der Waals surface area contributed by atoms with Gasteiger partial charge in [0, 0.05) is 24.2 Å². The van der Waals surface area contributed by atoms with Crippen molar-refractivity contribution in [1.29, 1.82) is 0 Å². The minimum atomic E-state index is -0.406. The number of rotatable bonds is 4. The van der Waals surface area contributed by atoms with Crippen molar-refractivity contribution in [3.05, 3.63) is 23.3 Å². The summed E-state index contributed by atoms with van der Waals surface area (Å²) in [6.07, 6.45) is 13.0. The summed E-state index contributed by atoms with van der Waals surface area (Å²) in [7, 11) is 0. The van der Waals surface area contributed by atoms with Gasteiger partial charge >= 0.3 is 0 Å². The minimum absolute atomic E-state index is 0.119. The third kappa shape index (κ3) is 3.42. The highest BCUT2D eigenvalue weighted by molar-refractivity contribution is 5.91. The van der Waals surface area contributed by atoms with Gasteiger partial charge in [-0.1, -0.05) is 44.1 Å². The first kappa shape index (κ1) is 23.0. The van der Waals surface area contributed by atoms with Gasteiger partial charge in [-0.15, -0.1) is 0 Å². The zero-order valence-corrected chi connectivity index (χ0v) is 21.0. The van der Waals surface area contributed by atoms with Crippen LogP contribution in [-0.4, -0.2) is 11.6 Å². The number of hydrogen-bond acceptors (Lipinski definition) is 2. The van der Waals surface area contributed by atoms with Crippen molar-refractivity contribution in [2.45, 2.75) is 99.8 Å². The van der Waals surface area contributed by atoms with Gasteiger partial charge in [-0.05, 0) is 101 Å². The van der Waals surface area contributed by atoms with Crippen LogP contribution < -0.4 is 0 Å². The summed E-state index contributed by atoms with van der Waals surface area (Å²) in [6.45, 7) is 15.8. The van der Waals surface area contributed by atoms with Crippen molar-refractivity contribution in [3.63, 3.8) is 0 Å². The quantitative estimate of drug-likeness (QED) is 0.443. The Labute approximate surface area is 190 Å². The molecule has 0 spiro atoms. The molecular formula is C29H44O2. The second kappa shape index (κ2) is 7.70. The molecule has 0 aromatic rings. The van der Waals surface area contributed by atoms with Gasteiger partial charge in [0.05, 0.1) is 0 Å². The van der Waals surface area contributed by atoms with Gasteiger partial charge in [-0.25, -0.2) is 0 Å². The smallest absolute Gasteiger partial charge is 0.142 e. The average Bonchev–Trinajstić information content (AvgIpc) is 3.01. The molecule has 172 valence electrons. The second-order valence-corrected chi connectivity index (χ2v) is 12.7. The molecule has 0 aromatic heterocycles. The molecular weight excluding hydrogens is 380 g/mol. The van der Waals surface area contributed by atoms with Crippen LogP contribution in [0.4, 0.5) is 0 Å². The first-order valence-corrected chi connectivity index (χ1v) is 12.8. The summed E-state index contributed by atoms with van der Waals surface area (Å²) in [5.41, 5.74) is 2.32. The van der Waals surface area contributed by atoms with E-state index in [1.807, 2.05) is 0 Å². The van der Waals surface area contributed by atoms with Gasteiger partial charge in [0.25, 0.3) is 0 Å². The number of Topliss-reactive ketones (excluding diaryl/α,β-unsaturated/α-hetero) is 2. The molecule has 0 aliphatic heterocycles. The lowest BCUT2D eigenvalue weighted by Gasteiger charge is -2.59. The molecule has 0 radical (unpaired) electrons. The molecule has 0 N–H and O–H groups in total. The molecule has 0 heterocycles. The summed E-state index contributed by atoms with van der Waals surface area (Å²) in [5, 5.41) is 0. The van der Waals surface area contributed by atoms with Crippen LogP contribution >= 0.6 is 0 Å². The van der Waals surface area contributed by atoms with Gasteiger partial charge in [0.2, 0.25) is 0 Å². The predicted octanol–water partition coefficient (Wildman–Crippen LogP) is 7.33. The van der Waals surface area contributed by atoms with E-state index in [1.165, 1.54) is 30.4 Å². The van der Waals surface area contributed by atoms with Crippen LogP contribution in [0.5, 0.6) is 0 Å². The number of ketones is 2. The van der Waals surface area contributed by atoms with Gasteiger partial charge in [-0.3, -0.25) is 9.59 Å². The normalized spacial score (nSPS) is 42.2. The van der Waals surface area contributed by atoms with Crippen LogP contribution in [0.25, 0.3) is 0 Å². The zero-order valence-electron chi connectivity index (χ0n) is 21.0. The molecule has 0 aromatic carbocycles. The fourth-order valence-electron chi connectivity index (χ4n) is 8.86. The van der Waals surface area contributed by atoms with Gasteiger partial charge < -0.3 is 0 Å². The Morgan fingerprint density at radius 1 is 1.16 bits per heavy atom. The predicted molar refractivity (Wildman–Crippen MR) is 128 cm³/mol. The minimum Gasteiger partial charge on any atom is -0.299 e. The lowest BCUT2D eigenvalue weighted by atomic mass is 9.44. The van der Waals surface area contributed by atoms with Crippen molar-refractivity contribution in [1.82, 2.24) is 0 Å². The average molecular weight is 425 g/mol. The number of carbonyl (C=O) groups excluding carboxylic acids is 2. The number of allylic oxidation sites excluding steroid dienone is 4. The molecule has 2 heteroatoms. The molecule has 0 amide bonds. The van der Waals surface area contributed by atoms with E-state index in [2.05, 4.69) is 60.6 Å². The maximum atomic E-state index is 13.9. The van der Waals surface area contributed by atoms with E-state index in [9.17, 15) is 9.59 Å². The Balaban J connectivity index is 1.62. The van der Waals surface area contributed by atoms with Crippen molar-refractivity contribution in [3.8, 4) is 0 Å². The molecule has 31 heavy (non-hydrogen) atoms. The first-order valence-electron chi connectivity index (χ1n) is 12.8. The number of fused-ring (bicyclic) bond motifs is 5. The summed E-state index contributed by atoms with van der Waals surface area (Å²) >= 11 is 0. The van der Waals surface area contributed by atoms with E-state index >= 15 is 0 Å². The van der Waals surface area contributed by atoms with Crippen molar-refractivity contribution < 1.29 is 9.59 Å². The third-order valence-corrected chi connectivity index (χ3v) is 10.3. The molecule has 0 saturated heterocycles. The van der Waals surface area contributed by atoms with Crippen molar-refractivity contribution in [2.75, 3.05) is 0 Å². The van der Waals surface area contributed by atoms with Crippen LogP contribution in [0.2, 0.25) is 0 Å². The SMILES string of the molecule is CC(C)=CCC[C@@H](C)[C@H]1CC[C@H]2[C@@H]3CC=C4C(C)(C)C(=O)CC[C@]4(C)[C@H]3C(=O)C[C@]12C. The van der Waals surface area contributed by atoms with Gasteiger partial charge in [-0.2, -0.15) is 0 Å². The summed E-state index contributed by atoms with van der Waals surface area (Å²) in [4.78, 5) is 26.6. The van der Waals surface area contributed by atoms with E-state index in [4.69, 9.17) is 0 Å². The van der Waals surface area contributed by atoms with E-state index in [-0.39, 0.29) is 16.7 Å². The van der Waals surface area contributed by atoms with Gasteiger partial charge in [0.1, 0.15) is 11.6 Å². The van der Waals surface area contributed by atoms with Crippen LogP contribution in [0, 0.1) is 45.8 Å². The van der Waals surface area contributed by atoms with Crippen molar-refractivity contribution >= 4 is 11.6 Å². The van der Waals surface area contributed by atoms with Crippen LogP contribution in [0.1, 0.15) is 99.8 Å². The maximum Gasteiger partial charge on any atom is 0.142 e. The highest BCUT2D eigenvalue weighted by Gasteiger charge is 2.63. The lowest BCUT2D eigenvalue weighted by molar-refractivity contribution is -0.148. The molecule has 3 fully saturated rings. The highest BCUT2D eigenvalue weighted by atomic mass is 16.1. The van der Waals surface area contributed by atoms with Gasteiger partial charge in [0.15, 0.2) is 0 Å². The molecule has 4 rings (SSSR count). The Morgan fingerprint density at radius 3 is 2.55 bits per heavy atom. The summed E-state index contributed by atoms with van der Waals surface area (Å²) < 4.78 is 0. The molecule has 0 unspecified atom stereocenters. The molecule has 7 atom stereocenters. The van der Waals surface area contributed by atoms with E-state index in [0.717, 1.165) is 25.7 Å². The first-order chi connectivity index (χ1) is 14.4. The topological polar surface area (TPSA) is 34.1 Å². The monoisotopic (exact) mass is 424 g/mol. The van der Waals surface area contributed by atoms with Crippen LogP contribution in [-0.2, 0) is 9.59 Å². The lowest BCUT2D eigenvalue weighted by Crippen LogP contribution is -2.57. The highest BCUT2D eigenvalue weighted by Crippen LogP contribution is 2.67. The molecule has 4 aliphatic carbocycles. The fourth-order valence-corrected chi connectivity index (χ4v) is 8.86. The molecule has 4 aliphatic rings. The zero-order chi connectivity index (χ0) is 22.8. The largest absolute Gasteiger partial charge is 0.299 e. The summed E-state index contributed by atoms with van der Waals surface area (Å²) in [5.74, 6) is 3.44. The van der Waals surface area contributed by atoms with Crippen LogP contribution in [0.3, 0.4) is 0 Å². The van der Waals surface area contributed by atoms with Crippen LogP contribution in [0.15, 0.2) is 23.3 Å². The van der Waals surface area contributed by atoms with Crippen molar-refractivity contribution in [2.24, 2.45) is 45.8 Å². The van der Waals surface area contributed by atoms with E-state index in [1.54, 1.807) is 0 Å². The molecule has 0 bridgehead atoms. The van der Waals surface area contributed by atoms with E-state index in [0.29, 0.717) is 41.7 Å². The van der Waals surface area contributed by atoms with E-state index < -0.39 is 5.41 Å². The third-order valence-electron chi connectivity index (χ3n) is 10.3. The number of carbonyl (C=O) groups is 2. The Morgan fingerprint density at radius 2 is 1.87 bits per heavy atom. The Hall–Kier alpha value is -1.18. The Bertz CT molecular complexity index is 826. The second-order valence-electron chi connectivity index (χ2n) is 12.7. The maximum absolute atomic E-state index is 13.9.